The van der Waals surface area contributed by atoms with Crippen molar-refractivity contribution in [1.29, 1.82) is 0 Å². The summed E-state index contributed by atoms with van der Waals surface area (Å²) < 4.78 is 14.6. The van der Waals surface area contributed by atoms with Gasteiger partial charge < -0.3 is 11.2 Å². The third kappa shape index (κ3) is 18.3. The van der Waals surface area contributed by atoms with Gasteiger partial charge in [-0.2, -0.15) is 0 Å². The smallest absolute Gasteiger partial charge is 1.00 e. The molecule has 0 aromatic rings. The van der Waals surface area contributed by atoms with Gasteiger partial charge in [0, 0.05) is 0 Å². The molecule has 0 aliphatic heterocycles. The Labute approximate surface area is 136 Å². The van der Waals surface area contributed by atoms with Gasteiger partial charge in [-0.15, -0.1) is 0 Å². The van der Waals surface area contributed by atoms with Crippen molar-refractivity contribution < 1.29 is 71.7 Å². The maximum Gasteiger partial charge on any atom is 1.00 e. The molecule has 0 spiro atoms. The second-order valence-corrected chi connectivity index (χ2v) is 4.68. The van der Waals surface area contributed by atoms with Gasteiger partial charge in [0.15, 0.2) is 0 Å². The SMILES string of the molecule is CCCCCCCCCOP(=O)(O)O.[H-].[K+]. The molecule has 0 aromatic heterocycles. The molecule has 0 atom stereocenters. The van der Waals surface area contributed by atoms with Crippen LogP contribution in [0.2, 0.25) is 0 Å². The van der Waals surface area contributed by atoms with Gasteiger partial charge in [0.25, 0.3) is 0 Å². The Hall–Kier alpha value is 1.75. The summed E-state index contributed by atoms with van der Waals surface area (Å²) in [5.41, 5.74) is 0. The van der Waals surface area contributed by atoms with Gasteiger partial charge in [0.2, 0.25) is 0 Å². The minimum Gasteiger partial charge on any atom is -1.00 e. The molecular weight excluding hydrogens is 242 g/mol. The maximum absolute atomic E-state index is 10.3. The van der Waals surface area contributed by atoms with Gasteiger partial charge >= 0.3 is 59.2 Å². The van der Waals surface area contributed by atoms with Crippen LogP contribution in [-0.4, -0.2) is 16.4 Å². The van der Waals surface area contributed by atoms with E-state index in [-0.39, 0.29) is 59.4 Å². The quantitative estimate of drug-likeness (QED) is 0.348. The predicted molar refractivity (Wildman–Crippen MR) is 57.1 cm³/mol. The Morgan fingerprint density at radius 2 is 1.53 bits per heavy atom. The largest absolute Gasteiger partial charge is 1.00 e. The summed E-state index contributed by atoms with van der Waals surface area (Å²) in [6, 6.07) is 0. The molecule has 0 aliphatic carbocycles. The first-order valence-electron chi connectivity index (χ1n) is 5.26. The molecule has 6 heteroatoms. The number of phosphoric ester groups is 1. The number of phosphoric acid groups is 1. The number of hydrogen-bond acceptors (Lipinski definition) is 2. The van der Waals surface area contributed by atoms with Gasteiger partial charge in [-0.1, -0.05) is 45.4 Å². The van der Waals surface area contributed by atoms with Crippen molar-refractivity contribution in [2.45, 2.75) is 51.9 Å². The van der Waals surface area contributed by atoms with Gasteiger partial charge in [-0.3, -0.25) is 4.52 Å². The van der Waals surface area contributed by atoms with Crippen LogP contribution in [0.25, 0.3) is 0 Å². The first kappa shape index (κ1) is 19.1. The van der Waals surface area contributed by atoms with E-state index in [1.54, 1.807) is 0 Å². The zero-order valence-corrected chi connectivity index (χ0v) is 13.8. The summed E-state index contributed by atoms with van der Waals surface area (Å²) in [6.07, 6.45) is 7.84. The molecule has 4 nitrogen and oxygen atoms in total. The topological polar surface area (TPSA) is 66.8 Å². The summed E-state index contributed by atoms with van der Waals surface area (Å²) in [5.74, 6) is 0. The van der Waals surface area contributed by atoms with Gasteiger partial charge in [-0.05, 0) is 6.42 Å². The van der Waals surface area contributed by atoms with Crippen LogP contribution in [0.4, 0.5) is 0 Å². The Morgan fingerprint density at radius 3 is 2.00 bits per heavy atom. The fourth-order valence-corrected chi connectivity index (χ4v) is 1.61. The summed E-state index contributed by atoms with van der Waals surface area (Å²) in [4.78, 5) is 16.8. The minimum atomic E-state index is -4.23. The summed E-state index contributed by atoms with van der Waals surface area (Å²) >= 11 is 0. The molecule has 0 amide bonds. The van der Waals surface area contributed by atoms with E-state index in [0.29, 0.717) is 0 Å². The Bertz CT molecular complexity index is 177. The molecule has 0 fully saturated rings. The van der Waals surface area contributed by atoms with Crippen molar-refractivity contribution in [1.82, 2.24) is 0 Å². The number of rotatable bonds is 9. The van der Waals surface area contributed by atoms with Crippen LogP contribution in [-0.2, 0) is 9.09 Å². The van der Waals surface area contributed by atoms with Gasteiger partial charge in [-0.25, -0.2) is 4.57 Å². The van der Waals surface area contributed by atoms with Gasteiger partial charge in [0.1, 0.15) is 0 Å². The van der Waals surface area contributed by atoms with Crippen LogP contribution in [0, 0.1) is 0 Å². The van der Waals surface area contributed by atoms with E-state index < -0.39 is 7.82 Å². The normalized spacial score (nSPS) is 11.1. The van der Waals surface area contributed by atoms with Crippen LogP contribution in [0.1, 0.15) is 53.3 Å². The standard InChI is InChI=1S/C9H21O4P.K.H/c1-2-3-4-5-6-7-8-9-13-14(10,11)12;;/h2-9H2,1H3,(H2,10,11,12);;/q;+1;-1. The van der Waals surface area contributed by atoms with Crippen molar-refractivity contribution in [2.75, 3.05) is 6.61 Å². The third-order valence-electron chi connectivity index (χ3n) is 2.01. The van der Waals surface area contributed by atoms with Crippen LogP contribution >= 0.6 is 7.82 Å². The van der Waals surface area contributed by atoms with Crippen LogP contribution in [0.15, 0.2) is 0 Å². The van der Waals surface area contributed by atoms with Crippen LogP contribution < -0.4 is 51.4 Å². The molecule has 0 saturated carbocycles. The number of unbranched alkanes of at least 4 members (excludes halogenated alkanes) is 6. The van der Waals surface area contributed by atoms with E-state index in [1.165, 1.54) is 25.7 Å². The summed E-state index contributed by atoms with van der Waals surface area (Å²) in [5, 5.41) is 0. The molecule has 0 unspecified atom stereocenters. The second kappa shape index (κ2) is 12.2. The molecule has 88 valence electrons. The molecule has 0 heterocycles. The molecule has 2 N–H and O–H groups in total. The predicted octanol–water partition coefficient (Wildman–Crippen LogP) is -0.0372. The van der Waals surface area contributed by atoms with E-state index in [0.717, 1.165) is 19.3 Å². The molecular formula is C9H22KO4P. The molecule has 0 aliphatic rings. The first-order valence-corrected chi connectivity index (χ1v) is 6.79. The van der Waals surface area contributed by atoms with Crippen molar-refractivity contribution in [3.63, 3.8) is 0 Å². The molecule has 0 radical (unpaired) electrons. The molecule has 15 heavy (non-hydrogen) atoms. The first-order chi connectivity index (χ1) is 6.56. The van der Waals surface area contributed by atoms with Crippen molar-refractivity contribution in [3.8, 4) is 0 Å². The zero-order chi connectivity index (χ0) is 10.9. The number of hydrogen-bond donors (Lipinski definition) is 2. The fourth-order valence-electron chi connectivity index (χ4n) is 1.24. The monoisotopic (exact) mass is 264 g/mol. The van der Waals surface area contributed by atoms with Crippen LogP contribution in [0.3, 0.4) is 0 Å². The molecule has 0 saturated heterocycles. The van der Waals surface area contributed by atoms with E-state index >= 15 is 0 Å². The molecule has 0 aromatic carbocycles. The van der Waals surface area contributed by atoms with Gasteiger partial charge in [0.05, 0.1) is 6.61 Å². The van der Waals surface area contributed by atoms with E-state index in [2.05, 4.69) is 11.4 Å². The van der Waals surface area contributed by atoms with Crippen molar-refractivity contribution in [2.24, 2.45) is 0 Å². The fraction of sp³-hybridized carbons (Fsp3) is 1.00. The molecule has 0 rings (SSSR count). The maximum atomic E-state index is 10.3. The minimum absolute atomic E-state index is 0. The Morgan fingerprint density at radius 1 is 1.07 bits per heavy atom. The Kier molecular flexibility index (Phi) is 15.5. The zero-order valence-electron chi connectivity index (χ0n) is 10.8. The third-order valence-corrected chi connectivity index (χ3v) is 2.53. The summed E-state index contributed by atoms with van der Waals surface area (Å²) in [6.45, 7) is 2.34. The van der Waals surface area contributed by atoms with Crippen LogP contribution in [0.5, 0.6) is 0 Å². The van der Waals surface area contributed by atoms with Crippen molar-refractivity contribution in [3.05, 3.63) is 0 Å². The van der Waals surface area contributed by atoms with Crippen molar-refractivity contribution >= 4 is 7.82 Å². The average Bonchev–Trinajstić information content (AvgIpc) is 2.08. The Balaban J connectivity index is -0.000000845. The van der Waals surface area contributed by atoms with E-state index in [4.69, 9.17) is 9.79 Å². The average molecular weight is 264 g/mol. The second-order valence-electron chi connectivity index (χ2n) is 3.45. The summed E-state index contributed by atoms with van der Waals surface area (Å²) in [7, 11) is -4.23. The molecule has 0 bridgehead atoms. The van der Waals surface area contributed by atoms with E-state index in [1.807, 2.05) is 0 Å². The van der Waals surface area contributed by atoms with E-state index in [9.17, 15) is 4.57 Å².